The molecule has 0 amide bonds. The van der Waals surface area contributed by atoms with Gasteiger partial charge in [-0.15, -0.1) is 0 Å². The van der Waals surface area contributed by atoms with Gasteiger partial charge in [-0.2, -0.15) is 0 Å². The van der Waals surface area contributed by atoms with Gasteiger partial charge in [-0.3, -0.25) is 4.98 Å². The summed E-state index contributed by atoms with van der Waals surface area (Å²) in [4.78, 5) is 13.6. The van der Waals surface area contributed by atoms with Gasteiger partial charge in [-0.1, -0.05) is 37.8 Å². The lowest BCUT2D eigenvalue weighted by Gasteiger charge is -2.10. The molecule has 2 heterocycles. The van der Waals surface area contributed by atoms with Crippen molar-refractivity contribution in [1.29, 1.82) is 0 Å². The second-order valence-corrected chi connectivity index (χ2v) is 7.80. The van der Waals surface area contributed by atoms with Crippen molar-refractivity contribution in [2.24, 2.45) is 0 Å². The number of aromatic nitrogens is 3. The average molecular weight is 412 g/mol. The molecule has 3 aromatic rings. The molecule has 0 fully saturated rings. The van der Waals surface area contributed by atoms with Crippen LogP contribution in [0.4, 0.5) is 11.6 Å². The van der Waals surface area contributed by atoms with Gasteiger partial charge >= 0.3 is 0 Å². The molecule has 1 aromatic carbocycles. The molecule has 3 rings (SSSR count). The van der Waals surface area contributed by atoms with Crippen LogP contribution in [0.25, 0.3) is 10.9 Å². The first-order valence-corrected chi connectivity index (χ1v) is 10.9. The van der Waals surface area contributed by atoms with Crippen molar-refractivity contribution in [2.75, 3.05) is 23.7 Å². The van der Waals surface area contributed by atoms with Gasteiger partial charge in [0.05, 0.1) is 5.52 Å². The Hall–Kier alpha value is -2.40. The molecule has 0 aliphatic rings. The van der Waals surface area contributed by atoms with E-state index < -0.39 is 0 Å². The summed E-state index contributed by atoms with van der Waals surface area (Å²) >= 11 is 6.07. The van der Waals surface area contributed by atoms with E-state index in [9.17, 15) is 0 Å². The van der Waals surface area contributed by atoms with E-state index in [0.717, 1.165) is 66.3 Å². The SMILES string of the molecule is CCCCCCNc1nc(C)cc(CCCNc2ccnc3cc(Cl)ccc23)n1. The third kappa shape index (κ3) is 6.57. The van der Waals surface area contributed by atoms with Crippen LogP contribution in [0.1, 0.15) is 50.4 Å². The van der Waals surface area contributed by atoms with Crippen molar-refractivity contribution < 1.29 is 0 Å². The first-order chi connectivity index (χ1) is 14.2. The number of unbranched alkanes of at least 4 members (excludes halogenated alkanes) is 3. The lowest BCUT2D eigenvalue weighted by Crippen LogP contribution is -2.09. The van der Waals surface area contributed by atoms with E-state index in [1.807, 2.05) is 37.4 Å². The van der Waals surface area contributed by atoms with Gasteiger partial charge in [-0.05, 0) is 56.5 Å². The van der Waals surface area contributed by atoms with E-state index in [-0.39, 0.29) is 0 Å². The van der Waals surface area contributed by atoms with Crippen molar-refractivity contribution in [3.63, 3.8) is 0 Å². The molecule has 154 valence electrons. The average Bonchev–Trinajstić information content (AvgIpc) is 2.70. The lowest BCUT2D eigenvalue weighted by atomic mass is 10.1. The van der Waals surface area contributed by atoms with E-state index in [1.54, 1.807) is 0 Å². The number of rotatable bonds is 11. The highest BCUT2D eigenvalue weighted by atomic mass is 35.5. The van der Waals surface area contributed by atoms with Crippen LogP contribution in [0.5, 0.6) is 0 Å². The van der Waals surface area contributed by atoms with Crippen LogP contribution >= 0.6 is 11.6 Å². The fourth-order valence-corrected chi connectivity index (χ4v) is 3.53. The minimum absolute atomic E-state index is 0.705. The number of hydrogen-bond acceptors (Lipinski definition) is 5. The lowest BCUT2D eigenvalue weighted by molar-refractivity contribution is 0.682. The summed E-state index contributed by atoms with van der Waals surface area (Å²) < 4.78 is 0. The summed E-state index contributed by atoms with van der Waals surface area (Å²) in [5, 5.41) is 8.68. The van der Waals surface area contributed by atoms with E-state index in [4.69, 9.17) is 11.6 Å². The van der Waals surface area contributed by atoms with Crippen molar-refractivity contribution in [3.8, 4) is 0 Å². The number of nitrogens with zero attached hydrogens (tertiary/aromatic N) is 3. The maximum atomic E-state index is 6.07. The fourth-order valence-electron chi connectivity index (χ4n) is 3.36. The predicted molar refractivity (Wildman–Crippen MR) is 123 cm³/mol. The molecule has 0 bridgehead atoms. The van der Waals surface area contributed by atoms with Crippen LogP contribution in [0, 0.1) is 6.92 Å². The van der Waals surface area contributed by atoms with E-state index in [1.165, 1.54) is 19.3 Å². The highest BCUT2D eigenvalue weighted by Crippen LogP contribution is 2.24. The molecular weight excluding hydrogens is 382 g/mol. The van der Waals surface area contributed by atoms with Crippen molar-refractivity contribution in [1.82, 2.24) is 15.0 Å². The smallest absolute Gasteiger partial charge is 0.223 e. The Morgan fingerprint density at radius 2 is 1.79 bits per heavy atom. The van der Waals surface area contributed by atoms with E-state index in [0.29, 0.717) is 5.02 Å². The second kappa shape index (κ2) is 11.0. The third-order valence-corrected chi connectivity index (χ3v) is 5.09. The molecule has 0 spiro atoms. The van der Waals surface area contributed by atoms with Crippen LogP contribution in [0.2, 0.25) is 5.02 Å². The Balaban J connectivity index is 1.50. The van der Waals surface area contributed by atoms with Crippen LogP contribution in [0.15, 0.2) is 36.5 Å². The Kier molecular flexibility index (Phi) is 8.05. The van der Waals surface area contributed by atoms with Gasteiger partial charge in [0.2, 0.25) is 5.95 Å². The van der Waals surface area contributed by atoms with Gasteiger partial charge < -0.3 is 10.6 Å². The summed E-state index contributed by atoms with van der Waals surface area (Å²) in [6.07, 6.45) is 8.67. The Labute approximate surface area is 178 Å². The Morgan fingerprint density at radius 3 is 2.66 bits per heavy atom. The van der Waals surface area contributed by atoms with Crippen LogP contribution in [-0.2, 0) is 6.42 Å². The number of benzene rings is 1. The molecule has 5 nitrogen and oxygen atoms in total. The van der Waals surface area contributed by atoms with Crippen molar-refractivity contribution >= 4 is 34.1 Å². The summed E-state index contributed by atoms with van der Waals surface area (Å²) in [5.74, 6) is 0.751. The van der Waals surface area contributed by atoms with Crippen LogP contribution in [0.3, 0.4) is 0 Å². The highest BCUT2D eigenvalue weighted by Gasteiger charge is 2.04. The first-order valence-electron chi connectivity index (χ1n) is 10.5. The molecule has 2 N–H and O–H groups in total. The Bertz CT molecular complexity index is 928. The number of nitrogens with one attached hydrogen (secondary N) is 2. The molecule has 29 heavy (non-hydrogen) atoms. The van der Waals surface area contributed by atoms with E-state index >= 15 is 0 Å². The molecule has 2 aromatic heterocycles. The fraction of sp³-hybridized carbons (Fsp3) is 0.435. The minimum Gasteiger partial charge on any atom is -0.384 e. The molecule has 0 atom stereocenters. The third-order valence-electron chi connectivity index (χ3n) is 4.85. The molecule has 0 unspecified atom stereocenters. The zero-order valence-corrected chi connectivity index (χ0v) is 18.1. The summed E-state index contributed by atoms with van der Waals surface area (Å²) in [5.41, 5.74) is 4.08. The first kappa shape index (κ1) is 21.3. The number of hydrogen-bond donors (Lipinski definition) is 2. The summed E-state index contributed by atoms with van der Waals surface area (Å²) in [6, 6.07) is 9.89. The summed E-state index contributed by atoms with van der Waals surface area (Å²) in [7, 11) is 0. The van der Waals surface area contributed by atoms with Gasteiger partial charge in [0.15, 0.2) is 0 Å². The van der Waals surface area contributed by atoms with Crippen LogP contribution in [-0.4, -0.2) is 28.0 Å². The van der Waals surface area contributed by atoms with Crippen molar-refractivity contribution in [2.45, 2.75) is 52.4 Å². The standard InChI is InChI=1S/C23H30ClN5/c1-3-4-5-6-12-27-23-28-17(2)15-19(29-23)8-7-13-25-21-11-14-26-22-16-18(24)9-10-20(21)22/h9-11,14-16H,3-8,12-13H2,1-2H3,(H,25,26)(H,27,28,29). The molecule has 0 saturated carbocycles. The highest BCUT2D eigenvalue weighted by molar-refractivity contribution is 6.31. The molecular formula is C23H30ClN5. The number of fused-ring (bicyclic) bond motifs is 1. The number of aryl methyl sites for hydroxylation is 2. The maximum absolute atomic E-state index is 6.07. The van der Waals surface area contributed by atoms with Gasteiger partial charge in [-0.25, -0.2) is 9.97 Å². The number of anilines is 2. The molecule has 6 heteroatoms. The summed E-state index contributed by atoms with van der Waals surface area (Å²) in [6.45, 7) is 6.05. The van der Waals surface area contributed by atoms with Crippen molar-refractivity contribution in [3.05, 3.63) is 52.9 Å². The zero-order valence-electron chi connectivity index (χ0n) is 17.3. The second-order valence-electron chi connectivity index (χ2n) is 7.36. The number of pyridine rings is 1. The number of halogens is 1. The monoisotopic (exact) mass is 411 g/mol. The van der Waals surface area contributed by atoms with E-state index in [2.05, 4.69) is 38.6 Å². The van der Waals surface area contributed by atoms with Crippen LogP contribution < -0.4 is 10.6 Å². The zero-order chi connectivity index (χ0) is 20.5. The molecule has 0 radical (unpaired) electrons. The quantitative estimate of drug-likeness (QED) is 0.377. The van der Waals surface area contributed by atoms with Gasteiger partial charge in [0.1, 0.15) is 0 Å². The topological polar surface area (TPSA) is 62.7 Å². The molecule has 0 saturated heterocycles. The van der Waals surface area contributed by atoms with Gasteiger partial charge in [0.25, 0.3) is 0 Å². The molecule has 0 aliphatic heterocycles. The largest absolute Gasteiger partial charge is 0.384 e. The minimum atomic E-state index is 0.705. The molecule has 0 aliphatic carbocycles. The normalized spacial score (nSPS) is 11.0. The maximum Gasteiger partial charge on any atom is 0.223 e. The predicted octanol–water partition coefficient (Wildman–Crippen LogP) is 6.02. The van der Waals surface area contributed by atoms with Gasteiger partial charge in [0, 0.05) is 46.8 Å². The Morgan fingerprint density at radius 1 is 0.931 bits per heavy atom.